The van der Waals surface area contributed by atoms with Gasteiger partial charge in [-0.1, -0.05) is 6.07 Å². The predicted molar refractivity (Wildman–Crippen MR) is 136 cm³/mol. The summed E-state index contributed by atoms with van der Waals surface area (Å²) in [5.74, 6) is 2.02. The first-order valence-corrected chi connectivity index (χ1v) is 14.0. The maximum atomic E-state index is 13.8. The fourth-order valence-electron chi connectivity index (χ4n) is 10.1. The van der Waals surface area contributed by atoms with Crippen molar-refractivity contribution >= 4 is 5.91 Å². The van der Waals surface area contributed by atoms with Crippen molar-refractivity contribution in [1.82, 2.24) is 14.8 Å². The molecule has 6 atom stereocenters. The fourth-order valence-corrected chi connectivity index (χ4v) is 10.1. The van der Waals surface area contributed by atoms with Crippen LogP contribution >= 0.6 is 0 Å². The highest BCUT2D eigenvalue weighted by Gasteiger charge is 2.76. The Morgan fingerprint density at radius 2 is 2.03 bits per heavy atom. The molecule has 6 aliphatic rings. The number of fused-ring (bicyclic) bond motifs is 1. The molecule has 8 rings (SSSR count). The molecule has 6 heteroatoms. The predicted octanol–water partition coefficient (Wildman–Crippen LogP) is 3.61. The zero-order valence-corrected chi connectivity index (χ0v) is 21.0. The van der Waals surface area contributed by atoms with Gasteiger partial charge < -0.3 is 15.0 Å². The number of phenols is 1. The first-order valence-electron chi connectivity index (χ1n) is 14.0. The highest BCUT2D eigenvalue weighted by Crippen LogP contribution is 2.75. The summed E-state index contributed by atoms with van der Waals surface area (Å²) < 4.78 is 0. The summed E-state index contributed by atoms with van der Waals surface area (Å²) in [7, 11) is 0. The second kappa shape index (κ2) is 7.03. The van der Waals surface area contributed by atoms with Crippen molar-refractivity contribution in [3.05, 3.63) is 63.1 Å². The maximum Gasteiger partial charge on any atom is 0.260 e. The number of hydrogen-bond acceptors (Lipinski definition) is 4. The lowest BCUT2D eigenvalue weighted by molar-refractivity contribution is -0.102. The van der Waals surface area contributed by atoms with Gasteiger partial charge in [0.2, 0.25) is 0 Å². The van der Waals surface area contributed by atoms with E-state index in [4.69, 9.17) is 0 Å². The molecule has 0 unspecified atom stereocenters. The van der Waals surface area contributed by atoms with Gasteiger partial charge in [0.25, 0.3) is 11.5 Å². The number of H-pyrrole nitrogens is 1. The number of rotatable bonds is 3. The zero-order chi connectivity index (χ0) is 24.4. The average Bonchev–Trinajstić information content (AvgIpc) is 3.54. The van der Waals surface area contributed by atoms with Gasteiger partial charge in [-0.15, -0.1) is 0 Å². The molecule has 3 saturated carbocycles. The lowest BCUT2D eigenvalue weighted by atomic mass is 9.43. The molecule has 4 bridgehead atoms. The van der Waals surface area contributed by atoms with Crippen LogP contribution in [0.2, 0.25) is 0 Å². The van der Waals surface area contributed by atoms with Crippen molar-refractivity contribution in [2.24, 2.45) is 23.2 Å². The maximum absolute atomic E-state index is 13.8. The Labute approximate surface area is 211 Å². The molecule has 2 aliphatic heterocycles. The number of piperidine rings is 1. The van der Waals surface area contributed by atoms with Crippen molar-refractivity contribution in [2.45, 2.75) is 69.4 Å². The van der Waals surface area contributed by atoms with E-state index in [1.807, 2.05) is 19.1 Å². The summed E-state index contributed by atoms with van der Waals surface area (Å²) in [6.07, 6.45) is 8.32. The molecule has 0 spiro atoms. The molecule has 2 N–H and O–H groups in total. The SMILES string of the molecule is Cc1ccc(C(=O)N2C[C@H]3C[C@@]45CC[C@@H]2[C@@H]3[C@@]42CCN(CC3CC3)[C@@H]5Cc3ccc(O)cc32)c(=O)[nH]1. The van der Waals surface area contributed by atoms with Gasteiger partial charge in [-0.2, -0.15) is 0 Å². The van der Waals surface area contributed by atoms with E-state index < -0.39 is 0 Å². The van der Waals surface area contributed by atoms with Crippen LogP contribution in [0, 0.1) is 30.1 Å². The topological polar surface area (TPSA) is 76.6 Å². The van der Waals surface area contributed by atoms with Crippen LogP contribution in [0.15, 0.2) is 35.1 Å². The van der Waals surface area contributed by atoms with Crippen LogP contribution in [0.1, 0.15) is 65.7 Å². The summed E-state index contributed by atoms with van der Waals surface area (Å²) in [6, 6.07) is 10.4. The summed E-state index contributed by atoms with van der Waals surface area (Å²) in [5.41, 5.74) is 3.82. The number of hydrogen-bond donors (Lipinski definition) is 2. The summed E-state index contributed by atoms with van der Waals surface area (Å²) in [5, 5.41) is 10.6. The molecule has 3 heterocycles. The number of carbonyl (C=O) groups excluding carboxylic acids is 1. The second-order valence-corrected chi connectivity index (χ2v) is 12.8. The molecule has 2 saturated heterocycles. The van der Waals surface area contributed by atoms with Gasteiger partial charge in [0.15, 0.2) is 0 Å². The Bertz CT molecular complexity index is 1350. The van der Waals surface area contributed by atoms with Crippen molar-refractivity contribution in [2.75, 3.05) is 19.6 Å². The molecule has 5 fully saturated rings. The van der Waals surface area contributed by atoms with Crippen LogP contribution in [0.4, 0.5) is 0 Å². The first-order chi connectivity index (χ1) is 17.4. The van der Waals surface area contributed by atoms with Crippen molar-refractivity contribution < 1.29 is 9.90 Å². The summed E-state index contributed by atoms with van der Waals surface area (Å²) >= 11 is 0. The molecule has 36 heavy (non-hydrogen) atoms. The molecule has 1 aromatic heterocycles. The standard InChI is InChI=1S/C30H35N3O3/c1-17-2-7-22(27(35)31-17)28(36)33-16-20-14-29-9-8-24(33)26(20)30(29)10-11-32(15-18-3-4-18)25(29)12-19-5-6-21(34)13-23(19)30/h2,5-7,13,18,20,24-26,34H,3-4,8-12,14-16H2,1H3,(H,31,35)/t20-,24-,25-,26-,29-,30+/m1/s1. The molecule has 1 amide bonds. The number of benzene rings is 1. The van der Waals surface area contributed by atoms with E-state index in [1.165, 1.54) is 36.9 Å². The first kappa shape index (κ1) is 21.5. The van der Waals surface area contributed by atoms with E-state index in [-0.39, 0.29) is 33.9 Å². The van der Waals surface area contributed by atoms with E-state index in [2.05, 4.69) is 26.9 Å². The molecule has 4 aliphatic carbocycles. The molecular weight excluding hydrogens is 450 g/mol. The van der Waals surface area contributed by atoms with Crippen LogP contribution in [-0.2, 0) is 11.8 Å². The van der Waals surface area contributed by atoms with E-state index in [0.717, 1.165) is 50.4 Å². The van der Waals surface area contributed by atoms with Gasteiger partial charge in [-0.25, -0.2) is 0 Å². The minimum Gasteiger partial charge on any atom is -0.508 e. The van der Waals surface area contributed by atoms with E-state index in [0.29, 0.717) is 23.6 Å². The van der Waals surface area contributed by atoms with Gasteiger partial charge in [0.1, 0.15) is 11.3 Å². The van der Waals surface area contributed by atoms with Crippen LogP contribution in [0.5, 0.6) is 5.75 Å². The minimum absolute atomic E-state index is 0.0202. The second-order valence-electron chi connectivity index (χ2n) is 12.8. The molecule has 6 nitrogen and oxygen atoms in total. The van der Waals surface area contributed by atoms with Gasteiger partial charge in [0, 0.05) is 36.3 Å². The van der Waals surface area contributed by atoms with Gasteiger partial charge in [-0.3, -0.25) is 14.5 Å². The highest BCUT2D eigenvalue weighted by molar-refractivity contribution is 5.94. The number of aryl methyl sites for hydroxylation is 1. The minimum atomic E-state index is -0.276. The number of nitrogens with zero attached hydrogens (tertiary/aromatic N) is 2. The van der Waals surface area contributed by atoms with Crippen molar-refractivity contribution in [3.8, 4) is 5.75 Å². The Morgan fingerprint density at radius 3 is 2.83 bits per heavy atom. The zero-order valence-electron chi connectivity index (χ0n) is 21.0. The third-order valence-corrected chi connectivity index (χ3v) is 11.3. The van der Waals surface area contributed by atoms with Crippen LogP contribution in [0.3, 0.4) is 0 Å². The number of likely N-dealkylation sites (tertiary alicyclic amines) is 2. The van der Waals surface area contributed by atoms with Crippen LogP contribution in [0.25, 0.3) is 0 Å². The van der Waals surface area contributed by atoms with E-state index >= 15 is 0 Å². The number of carbonyl (C=O) groups is 1. The average molecular weight is 486 g/mol. The molecule has 188 valence electrons. The summed E-state index contributed by atoms with van der Waals surface area (Å²) in [4.78, 5) is 34.2. The van der Waals surface area contributed by atoms with Crippen molar-refractivity contribution in [3.63, 3.8) is 0 Å². The molecular formula is C30H35N3O3. The Hall–Kier alpha value is -2.60. The smallest absolute Gasteiger partial charge is 0.260 e. The number of phenolic OH excluding ortho intramolecular Hbond substituents is 1. The van der Waals surface area contributed by atoms with Crippen LogP contribution in [-0.4, -0.2) is 57.5 Å². The number of pyridine rings is 1. The molecule has 2 aromatic rings. The number of aromatic hydroxyl groups is 1. The largest absolute Gasteiger partial charge is 0.508 e. The molecule has 1 aromatic carbocycles. The van der Waals surface area contributed by atoms with Crippen LogP contribution < -0.4 is 5.56 Å². The monoisotopic (exact) mass is 485 g/mol. The third-order valence-electron chi connectivity index (χ3n) is 11.3. The molecule has 0 radical (unpaired) electrons. The number of nitrogens with one attached hydrogen (secondary N) is 1. The normalized spacial score (nSPS) is 38.1. The number of amides is 1. The van der Waals surface area contributed by atoms with Gasteiger partial charge in [0.05, 0.1) is 0 Å². The summed E-state index contributed by atoms with van der Waals surface area (Å²) in [6.45, 7) is 4.97. The third kappa shape index (κ3) is 2.56. The van der Waals surface area contributed by atoms with E-state index in [9.17, 15) is 14.7 Å². The van der Waals surface area contributed by atoms with E-state index in [1.54, 1.807) is 6.07 Å². The number of aromatic nitrogens is 1. The Kier molecular flexibility index (Phi) is 4.20. The lowest BCUT2D eigenvalue weighted by Gasteiger charge is -2.66. The van der Waals surface area contributed by atoms with Gasteiger partial charge in [-0.05, 0) is 117 Å². The lowest BCUT2D eigenvalue weighted by Crippen LogP contribution is -2.70. The Morgan fingerprint density at radius 1 is 1.17 bits per heavy atom. The highest BCUT2D eigenvalue weighted by atomic mass is 16.3. The van der Waals surface area contributed by atoms with Crippen molar-refractivity contribution in [1.29, 1.82) is 0 Å². The van der Waals surface area contributed by atoms with Gasteiger partial charge >= 0.3 is 0 Å². The Balaban J connectivity index is 1.24. The quantitative estimate of drug-likeness (QED) is 0.697. The fraction of sp³-hybridized carbons (Fsp3) is 0.600. The number of aromatic amines is 1.